The zero-order valence-electron chi connectivity index (χ0n) is 12.9. The van der Waals surface area contributed by atoms with Crippen LogP contribution in [0.1, 0.15) is 29.6 Å². The summed E-state index contributed by atoms with van der Waals surface area (Å²) < 4.78 is 1.68. The van der Waals surface area contributed by atoms with Crippen LogP contribution in [-0.4, -0.2) is 46.1 Å². The maximum absolute atomic E-state index is 12.1. The lowest BCUT2D eigenvalue weighted by molar-refractivity contribution is -0.127. The highest BCUT2D eigenvalue weighted by molar-refractivity contribution is 5.93. The summed E-state index contributed by atoms with van der Waals surface area (Å²) >= 11 is 0. The Morgan fingerprint density at radius 3 is 2.83 bits per heavy atom. The molecule has 0 spiro atoms. The first-order chi connectivity index (χ1) is 11.2. The SMILES string of the molecule is O=C(NCCCN1CCCC1=O)c1cnn(-c2ccccc2)c1. The molecule has 3 rings (SSSR count). The zero-order valence-corrected chi connectivity index (χ0v) is 12.9. The quantitative estimate of drug-likeness (QED) is 0.824. The number of nitrogens with zero attached hydrogens (tertiary/aromatic N) is 3. The van der Waals surface area contributed by atoms with Crippen LogP contribution in [0.3, 0.4) is 0 Å². The van der Waals surface area contributed by atoms with Gasteiger partial charge < -0.3 is 10.2 Å². The van der Waals surface area contributed by atoms with Crippen molar-refractivity contribution >= 4 is 11.8 Å². The lowest BCUT2D eigenvalue weighted by Gasteiger charge is -2.15. The summed E-state index contributed by atoms with van der Waals surface area (Å²) in [6.45, 7) is 2.11. The fraction of sp³-hybridized carbons (Fsp3) is 0.353. The van der Waals surface area contributed by atoms with Crippen molar-refractivity contribution in [3.05, 3.63) is 48.3 Å². The second-order valence-electron chi connectivity index (χ2n) is 5.60. The fourth-order valence-electron chi connectivity index (χ4n) is 2.68. The van der Waals surface area contributed by atoms with E-state index in [1.54, 1.807) is 17.1 Å². The van der Waals surface area contributed by atoms with Crippen molar-refractivity contribution in [3.8, 4) is 5.69 Å². The van der Waals surface area contributed by atoms with Gasteiger partial charge in [0.2, 0.25) is 5.91 Å². The van der Waals surface area contributed by atoms with E-state index in [4.69, 9.17) is 0 Å². The van der Waals surface area contributed by atoms with E-state index in [1.807, 2.05) is 35.2 Å². The standard InChI is InChI=1S/C17H20N4O2/c22-16-8-4-10-20(16)11-5-9-18-17(23)14-12-19-21(13-14)15-6-2-1-3-7-15/h1-3,6-7,12-13H,4-5,8-11H2,(H,18,23). The lowest BCUT2D eigenvalue weighted by atomic mass is 10.3. The summed E-state index contributed by atoms with van der Waals surface area (Å²) in [6.07, 6.45) is 5.65. The van der Waals surface area contributed by atoms with Crippen LogP contribution in [-0.2, 0) is 4.79 Å². The van der Waals surface area contributed by atoms with Crippen molar-refractivity contribution in [3.63, 3.8) is 0 Å². The zero-order chi connectivity index (χ0) is 16.1. The Hall–Kier alpha value is -2.63. The second kappa shape index (κ2) is 7.09. The van der Waals surface area contributed by atoms with Crippen LogP contribution < -0.4 is 5.32 Å². The number of para-hydroxylation sites is 1. The van der Waals surface area contributed by atoms with E-state index in [-0.39, 0.29) is 11.8 Å². The largest absolute Gasteiger partial charge is 0.352 e. The minimum atomic E-state index is -0.139. The fourth-order valence-corrected chi connectivity index (χ4v) is 2.68. The van der Waals surface area contributed by atoms with Gasteiger partial charge in [-0.3, -0.25) is 9.59 Å². The molecule has 2 heterocycles. The Morgan fingerprint density at radius 2 is 2.09 bits per heavy atom. The van der Waals surface area contributed by atoms with E-state index in [0.717, 1.165) is 25.1 Å². The highest BCUT2D eigenvalue weighted by Crippen LogP contribution is 2.10. The number of hydrogen-bond donors (Lipinski definition) is 1. The molecule has 1 N–H and O–H groups in total. The summed E-state index contributed by atoms with van der Waals surface area (Å²) in [6, 6.07) is 9.65. The summed E-state index contributed by atoms with van der Waals surface area (Å²) in [4.78, 5) is 25.5. The third-order valence-electron chi connectivity index (χ3n) is 3.93. The van der Waals surface area contributed by atoms with Gasteiger partial charge in [-0.25, -0.2) is 4.68 Å². The Kier molecular flexibility index (Phi) is 4.71. The molecule has 2 amide bonds. The Balaban J connectivity index is 1.47. The first-order valence-electron chi connectivity index (χ1n) is 7.90. The molecule has 6 nitrogen and oxygen atoms in total. The summed E-state index contributed by atoms with van der Waals surface area (Å²) in [5.74, 6) is 0.0837. The summed E-state index contributed by atoms with van der Waals surface area (Å²) in [5, 5.41) is 7.08. The van der Waals surface area contributed by atoms with Crippen molar-refractivity contribution in [1.82, 2.24) is 20.0 Å². The van der Waals surface area contributed by atoms with Crippen LogP contribution >= 0.6 is 0 Å². The molecular formula is C17H20N4O2. The van der Waals surface area contributed by atoms with Crippen LogP contribution in [0.5, 0.6) is 0 Å². The van der Waals surface area contributed by atoms with Crippen molar-refractivity contribution < 1.29 is 9.59 Å². The van der Waals surface area contributed by atoms with E-state index in [1.165, 1.54) is 0 Å². The number of amides is 2. The van der Waals surface area contributed by atoms with Gasteiger partial charge in [-0.15, -0.1) is 0 Å². The number of benzene rings is 1. The highest BCUT2D eigenvalue weighted by Gasteiger charge is 2.19. The Bertz CT molecular complexity index is 681. The van der Waals surface area contributed by atoms with E-state index in [2.05, 4.69) is 10.4 Å². The number of likely N-dealkylation sites (tertiary alicyclic amines) is 1. The summed E-state index contributed by atoms with van der Waals surface area (Å²) in [7, 11) is 0. The second-order valence-corrected chi connectivity index (χ2v) is 5.60. The molecule has 1 fully saturated rings. The monoisotopic (exact) mass is 312 g/mol. The molecule has 0 bridgehead atoms. The number of carbonyl (C=O) groups excluding carboxylic acids is 2. The third kappa shape index (κ3) is 3.77. The van der Waals surface area contributed by atoms with Crippen LogP contribution in [0.2, 0.25) is 0 Å². The third-order valence-corrected chi connectivity index (χ3v) is 3.93. The van der Waals surface area contributed by atoms with Gasteiger partial charge in [-0.2, -0.15) is 5.10 Å². The maximum Gasteiger partial charge on any atom is 0.254 e. The topological polar surface area (TPSA) is 67.2 Å². The number of nitrogens with one attached hydrogen (secondary N) is 1. The van der Waals surface area contributed by atoms with Crippen molar-refractivity contribution in [1.29, 1.82) is 0 Å². The smallest absolute Gasteiger partial charge is 0.254 e. The molecule has 6 heteroatoms. The lowest BCUT2D eigenvalue weighted by Crippen LogP contribution is -2.30. The maximum atomic E-state index is 12.1. The predicted molar refractivity (Wildman–Crippen MR) is 86.3 cm³/mol. The van der Waals surface area contributed by atoms with Gasteiger partial charge in [0.25, 0.3) is 5.91 Å². The Labute approximate surface area is 135 Å². The van der Waals surface area contributed by atoms with Crippen molar-refractivity contribution in [2.75, 3.05) is 19.6 Å². The first kappa shape index (κ1) is 15.3. The molecule has 120 valence electrons. The van der Waals surface area contributed by atoms with Gasteiger partial charge in [0, 0.05) is 32.3 Å². The molecule has 2 aromatic rings. The van der Waals surface area contributed by atoms with Gasteiger partial charge in [-0.05, 0) is 25.0 Å². The van der Waals surface area contributed by atoms with Gasteiger partial charge >= 0.3 is 0 Å². The van der Waals surface area contributed by atoms with Crippen LogP contribution in [0.25, 0.3) is 5.69 Å². The normalized spacial score (nSPS) is 14.3. The molecular weight excluding hydrogens is 292 g/mol. The van der Waals surface area contributed by atoms with E-state index >= 15 is 0 Å². The molecule has 0 unspecified atom stereocenters. The van der Waals surface area contributed by atoms with Crippen LogP contribution in [0.4, 0.5) is 0 Å². The first-order valence-corrected chi connectivity index (χ1v) is 7.90. The molecule has 0 aliphatic carbocycles. The number of rotatable bonds is 6. The van der Waals surface area contributed by atoms with E-state index in [9.17, 15) is 9.59 Å². The molecule has 1 aromatic heterocycles. The van der Waals surface area contributed by atoms with Gasteiger partial charge in [0.05, 0.1) is 17.4 Å². The molecule has 0 atom stereocenters. The molecule has 0 radical (unpaired) electrons. The molecule has 0 saturated carbocycles. The average Bonchev–Trinajstić information content (AvgIpc) is 3.22. The van der Waals surface area contributed by atoms with Gasteiger partial charge in [0.15, 0.2) is 0 Å². The number of hydrogen-bond acceptors (Lipinski definition) is 3. The summed E-state index contributed by atoms with van der Waals surface area (Å²) in [5.41, 5.74) is 1.45. The van der Waals surface area contributed by atoms with Gasteiger partial charge in [0.1, 0.15) is 0 Å². The van der Waals surface area contributed by atoms with Crippen molar-refractivity contribution in [2.24, 2.45) is 0 Å². The van der Waals surface area contributed by atoms with E-state index in [0.29, 0.717) is 25.1 Å². The predicted octanol–water partition coefficient (Wildman–Crippen LogP) is 1.61. The molecule has 1 aromatic carbocycles. The minimum absolute atomic E-state index is 0.139. The van der Waals surface area contributed by atoms with Crippen LogP contribution in [0.15, 0.2) is 42.7 Å². The van der Waals surface area contributed by atoms with E-state index < -0.39 is 0 Å². The average molecular weight is 312 g/mol. The van der Waals surface area contributed by atoms with Crippen LogP contribution in [0, 0.1) is 0 Å². The molecule has 1 aliphatic heterocycles. The Morgan fingerprint density at radius 1 is 1.26 bits per heavy atom. The number of aromatic nitrogens is 2. The van der Waals surface area contributed by atoms with Gasteiger partial charge in [-0.1, -0.05) is 18.2 Å². The highest BCUT2D eigenvalue weighted by atomic mass is 16.2. The van der Waals surface area contributed by atoms with Crippen molar-refractivity contribution in [2.45, 2.75) is 19.3 Å². The molecule has 1 saturated heterocycles. The molecule has 1 aliphatic rings. The number of carbonyl (C=O) groups is 2. The molecule has 23 heavy (non-hydrogen) atoms. The minimum Gasteiger partial charge on any atom is -0.352 e.